The van der Waals surface area contributed by atoms with E-state index in [1.54, 1.807) is 26.5 Å². The molecular formula is C19H22ClN5O4S. The molecule has 11 heteroatoms. The predicted octanol–water partition coefficient (Wildman–Crippen LogP) is 4.42. The first-order valence-corrected chi connectivity index (χ1v) is 10.3. The Morgan fingerprint density at radius 1 is 1.23 bits per heavy atom. The average Bonchev–Trinajstić information content (AvgIpc) is 3.09. The second kappa shape index (κ2) is 9.98. The van der Waals surface area contributed by atoms with Crippen LogP contribution in [0.2, 0.25) is 5.02 Å². The van der Waals surface area contributed by atoms with E-state index in [-0.39, 0.29) is 17.0 Å². The van der Waals surface area contributed by atoms with E-state index in [2.05, 4.69) is 25.6 Å². The fraction of sp³-hybridized carbons (Fsp3) is 0.368. The number of rotatable bonds is 8. The Kier molecular flexibility index (Phi) is 7.38. The maximum atomic E-state index is 12.6. The summed E-state index contributed by atoms with van der Waals surface area (Å²) in [7, 11) is 3.18. The van der Waals surface area contributed by atoms with Crippen molar-refractivity contribution in [1.82, 2.24) is 15.0 Å². The molecule has 0 aliphatic carbocycles. The number of halogens is 1. The van der Waals surface area contributed by atoms with Crippen molar-refractivity contribution in [2.45, 2.75) is 20.0 Å². The zero-order chi connectivity index (χ0) is 21.7. The van der Waals surface area contributed by atoms with E-state index in [9.17, 15) is 4.79 Å². The Morgan fingerprint density at radius 3 is 2.73 bits per heavy atom. The van der Waals surface area contributed by atoms with Crippen LogP contribution in [-0.4, -0.2) is 48.4 Å². The quantitative estimate of drug-likeness (QED) is 0.488. The first-order chi connectivity index (χ1) is 14.4. The first kappa shape index (κ1) is 22.2. The van der Waals surface area contributed by atoms with Crippen LogP contribution in [0.1, 0.15) is 23.6 Å². The fourth-order valence-electron chi connectivity index (χ4n) is 2.73. The van der Waals surface area contributed by atoms with Crippen molar-refractivity contribution in [3.63, 3.8) is 0 Å². The summed E-state index contributed by atoms with van der Waals surface area (Å²) in [5.41, 5.74) is 2.40. The molecule has 2 N–H and O–H groups in total. The van der Waals surface area contributed by atoms with Gasteiger partial charge >= 0.3 is 6.03 Å². The molecule has 3 aromatic heterocycles. The van der Waals surface area contributed by atoms with Gasteiger partial charge in [-0.3, -0.25) is 0 Å². The Bertz CT molecular complexity index is 1050. The van der Waals surface area contributed by atoms with Crippen molar-refractivity contribution in [3.8, 4) is 5.88 Å². The van der Waals surface area contributed by atoms with Crippen LogP contribution >= 0.6 is 22.9 Å². The topological polar surface area (TPSA) is 107 Å². The first-order valence-electron chi connectivity index (χ1n) is 9.07. The molecule has 3 rings (SSSR count). The maximum absolute atomic E-state index is 12.6. The Morgan fingerprint density at radius 2 is 2.03 bits per heavy atom. The number of urea groups is 1. The van der Waals surface area contributed by atoms with Gasteiger partial charge in [-0.05, 0) is 19.9 Å². The van der Waals surface area contributed by atoms with Crippen LogP contribution in [0.25, 0.3) is 10.3 Å². The van der Waals surface area contributed by atoms with E-state index < -0.39 is 6.03 Å². The van der Waals surface area contributed by atoms with E-state index in [0.29, 0.717) is 30.1 Å². The molecule has 0 saturated carbocycles. The van der Waals surface area contributed by atoms with Crippen molar-refractivity contribution in [1.29, 1.82) is 0 Å². The number of fused-ring (bicyclic) bond motifs is 1. The number of nitrogens with zero attached hydrogens (tertiary/aromatic N) is 3. The van der Waals surface area contributed by atoms with Crippen LogP contribution in [-0.2, 0) is 9.47 Å². The van der Waals surface area contributed by atoms with Crippen LogP contribution < -0.4 is 15.4 Å². The van der Waals surface area contributed by atoms with E-state index in [0.717, 1.165) is 15.4 Å². The van der Waals surface area contributed by atoms with Crippen molar-refractivity contribution in [2.75, 3.05) is 38.1 Å². The lowest BCUT2D eigenvalue weighted by Crippen LogP contribution is -2.21. The number of methoxy groups -OCH3 is 2. The highest BCUT2D eigenvalue weighted by Gasteiger charge is 2.20. The molecule has 160 valence electrons. The van der Waals surface area contributed by atoms with Gasteiger partial charge in [-0.2, -0.15) is 0 Å². The number of carbonyl (C=O) groups is 1. The summed E-state index contributed by atoms with van der Waals surface area (Å²) in [5, 5.41) is 6.67. The predicted molar refractivity (Wildman–Crippen MR) is 117 cm³/mol. The number of hydrogen-bond donors (Lipinski definition) is 2. The van der Waals surface area contributed by atoms with Crippen LogP contribution in [0.3, 0.4) is 0 Å². The third-order valence-electron chi connectivity index (χ3n) is 4.17. The van der Waals surface area contributed by atoms with Gasteiger partial charge in [0.25, 0.3) is 0 Å². The molecule has 0 saturated heterocycles. The van der Waals surface area contributed by atoms with Gasteiger partial charge in [0.1, 0.15) is 22.0 Å². The highest BCUT2D eigenvalue weighted by molar-refractivity contribution is 7.18. The molecule has 0 aromatic carbocycles. The van der Waals surface area contributed by atoms with Gasteiger partial charge in [-0.15, -0.1) is 0 Å². The number of amides is 2. The number of nitrogens with one attached hydrogen (secondary N) is 2. The fourth-order valence-corrected chi connectivity index (χ4v) is 3.73. The molecule has 0 spiro atoms. The molecule has 0 fully saturated rings. The number of thiazole rings is 1. The average molecular weight is 452 g/mol. The summed E-state index contributed by atoms with van der Waals surface area (Å²) in [6, 6.07) is 1.08. The molecular weight excluding hydrogens is 430 g/mol. The molecule has 3 aromatic rings. The smallest absolute Gasteiger partial charge is 0.323 e. The molecule has 0 aliphatic heterocycles. The van der Waals surface area contributed by atoms with Gasteiger partial charge in [0.15, 0.2) is 0 Å². The Hall–Kier alpha value is -2.53. The van der Waals surface area contributed by atoms with Crippen LogP contribution in [0, 0.1) is 6.92 Å². The lowest BCUT2D eigenvalue weighted by molar-refractivity contribution is 0.121. The highest BCUT2D eigenvalue weighted by atomic mass is 35.5. The van der Waals surface area contributed by atoms with Crippen molar-refractivity contribution in [3.05, 3.63) is 34.1 Å². The largest absolute Gasteiger partial charge is 0.474 e. The van der Waals surface area contributed by atoms with Crippen molar-refractivity contribution < 1.29 is 19.0 Å². The number of anilines is 2. The molecule has 0 radical (unpaired) electrons. The standard InChI is InChI=1S/C19H22ClN5O4S/c1-10(28-4)15-14(9-22-18-16(15)23-11(2)30-18)25-19(26)24-12-7-13(20)17(21-8-12)29-6-5-27-3/h7-10H,5-6H2,1-4H3,(H2,24,25,26)/t10-/m0/s1. The summed E-state index contributed by atoms with van der Waals surface area (Å²) >= 11 is 7.66. The van der Waals surface area contributed by atoms with Gasteiger partial charge in [0, 0.05) is 19.8 Å². The molecule has 1 atom stereocenters. The van der Waals surface area contributed by atoms with Gasteiger partial charge < -0.3 is 24.8 Å². The lowest BCUT2D eigenvalue weighted by Gasteiger charge is -2.16. The molecule has 0 unspecified atom stereocenters. The van der Waals surface area contributed by atoms with E-state index in [4.69, 9.17) is 25.8 Å². The molecule has 9 nitrogen and oxygen atoms in total. The summed E-state index contributed by atoms with van der Waals surface area (Å²) in [5.74, 6) is 0.268. The molecule has 0 aliphatic rings. The zero-order valence-corrected chi connectivity index (χ0v) is 18.6. The Balaban J connectivity index is 1.76. The summed E-state index contributed by atoms with van der Waals surface area (Å²) in [6.45, 7) is 4.54. The monoisotopic (exact) mass is 451 g/mol. The van der Waals surface area contributed by atoms with Gasteiger partial charge in [0.2, 0.25) is 5.88 Å². The SMILES string of the molecule is COCCOc1ncc(NC(=O)Nc2cnc3sc(C)nc3c2[C@H](C)OC)cc1Cl. The lowest BCUT2D eigenvalue weighted by atomic mass is 10.1. The summed E-state index contributed by atoms with van der Waals surface area (Å²) < 4.78 is 15.8. The van der Waals surface area contributed by atoms with Crippen LogP contribution in [0.5, 0.6) is 5.88 Å². The second-order valence-corrected chi connectivity index (χ2v) is 7.87. The van der Waals surface area contributed by atoms with Crippen LogP contribution in [0.15, 0.2) is 18.5 Å². The summed E-state index contributed by atoms with van der Waals surface area (Å²) in [4.78, 5) is 26.4. The minimum atomic E-state index is -0.474. The number of pyridine rings is 2. The number of hydrogen-bond acceptors (Lipinski definition) is 8. The highest BCUT2D eigenvalue weighted by Crippen LogP contribution is 2.33. The molecule has 3 heterocycles. The van der Waals surface area contributed by atoms with Crippen LogP contribution in [0.4, 0.5) is 16.2 Å². The van der Waals surface area contributed by atoms with Gasteiger partial charge in [-0.1, -0.05) is 22.9 Å². The number of carbonyl (C=O) groups excluding carboxylic acids is 1. The molecule has 0 bridgehead atoms. The minimum absolute atomic E-state index is 0.268. The van der Waals surface area contributed by atoms with Gasteiger partial charge in [0.05, 0.1) is 41.5 Å². The van der Waals surface area contributed by atoms with E-state index in [1.807, 2.05) is 13.8 Å². The summed E-state index contributed by atoms with van der Waals surface area (Å²) in [6.07, 6.45) is 2.77. The normalized spacial score (nSPS) is 12.0. The number of aryl methyl sites for hydroxylation is 1. The third kappa shape index (κ3) is 5.14. The maximum Gasteiger partial charge on any atom is 0.323 e. The number of ether oxygens (including phenoxy) is 3. The Labute approximate surface area is 182 Å². The van der Waals surface area contributed by atoms with Crippen molar-refractivity contribution in [2.24, 2.45) is 0 Å². The van der Waals surface area contributed by atoms with Crippen molar-refractivity contribution >= 4 is 50.7 Å². The second-order valence-electron chi connectivity index (χ2n) is 6.28. The zero-order valence-electron chi connectivity index (χ0n) is 17.0. The van der Waals surface area contributed by atoms with E-state index in [1.165, 1.54) is 17.5 Å². The minimum Gasteiger partial charge on any atom is -0.474 e. The third-order valence-corrected chi connectivity index (χ3v) is 5.32. The van der Waals surface area contributed by atoms with Gasteiger partial charge in [-0.25, -0.2) is 19.7 Å². The number of aromatic nitrogens is 3. The van der Waals surface area contributed by atoms with E-state index >= 15 is 0 Å². The molecule has 2 amide bonds. The molecule has 30 heavy (non-hydrogen) atoms.